The Morgan fingerprint density at radius 2 is 1.95 bits per heavy atom. The van der Waals surface area contributed by atoms with Crippen LogP contribution in [0.5, 0.6) is 0 Å². The Kier molecular flexibility index (Phi) is 9.06. The van der Waals surface area contributed by atoms with E-state index in [-0.39, 0.29) is 5.97 Å². The fourth-order valence-corrected chi connectivity index (χ4v) is 3.35. The lowest BCUT2D eigenvalue weighted by atomic mass is 9.86. The third-order valence-electron chi connectivity index (χ3n) is 3.69. The highest BCUT2D eigenvalue weighted by molar-refractivity contribution is 7.99. The molecule has 0 atom stereocenters. The van der Waals surface area contributed by atoms with Gasteiger partial charge in [-0.3, -0.25) is 0 Å². The minimum atomic E-state index is -0.266. The zero-order valence-corrected chi connectivity index (χ0v) is 13.1. The molecule has 0 aromatic heterocycles. The summed E-state index contributed by atoms with van der Waals surface area (Å²) in [4.78, 5) is 11.1. The molecule has 0 radical (unpaired) electrons. The Balaban J connectivity index is 1.83. The molecule has 0 N–H and O–H groups in total. The Morgan fingerprint density at radius 1 is 1.21 bits per heavy atom. The molecule has 0 spiro atoms. The molecule has 110 valence electrons. The van der Waals surface area contributed by atoms with Gasteiger partial charge in [0.05, 0.1) is 0 Å². The molecule has 0 saturated heterocycles. The van der Waals surface area contributed by atoms with Crippen molar-refractivity contribution in [2.24, 2.45) is 5.92 Å². The van der Waals surface area contributed by atoms with E-state index in [0.717, 1.165) is 11.7 Å². The van der Waals surface area contributed by atoms with Crippen LogP contribution in [0.1, 0.15) is 58.3 Å². The molecule has 1 rings (SSSR count). The van der Waals surface area contributed by atoms with Gasteiger partial charge in [-0.05, 0) is 25.0 Å². The third-order valence-corrected chi connectivity index (χ3v) is 4.72. The molecule has 2 nitrogen and oxygen atoms in total. The summed E-state index contributed by atoms with van der Waals surface area (Å²) in [5, 5.41) is 0. The number of carbonyl (C=O) groups excluding carboxylic acids is 1. The maximum absolute atomic E-state index is 11.1. The van der Waals surface area contributed by atoms with Crippen LogP contribution in [0.2, 0.25) is 0 Å². The van der Waals surface area contributed by atoms with Gasteiger partial charge in [0, 0.05) is 11.3 Å². The van der Waals surface area contributed by atoms with Gasteiger partial charge in [0.25, 0.3) is 0 Å². The topological polar surface area (TPSA) is 26.3 Å². The van der Waals surface area contributed by atoms with E-state index in [2.05, 4.69) is 6.58 Å². The molecule has 1 saturated carbocycles. The molecule has 1 aliphatic rings. The van der Waals surface area contributed by atoms with Crippen molar-refractivity contribution in [1.29, 1.82) is 0 Å². The van der Waals surface area contributed by atoms with Crippen molar-refractivity contribution in [3.8, 4) is 0 Å². The van der Waals surface area contributed by atoms with Crippen molar-refractivity contribution in [3.63, 3.8) is 0 Å². The average Bonchev–Trinajstić information content (AvgIpc) is 2.42. The molecule has 1 aliphatic carbocycles. The number of hydrogen-bond acceptors (Lipinski definition) is 3. The molecule has 0 aliphatic heterocycles. The highest BCUT2D eigenvalue weighted by Gasteiger charge is 2.12. The minimum Gasteiger partial charge on any atom is -0.461 e. The highest BCUT2D eigenvalue weighted by atomic mass is 32.2. The van der Waals surface area contributed by atoms with Crippen LogP contribution in [0.3, 0.4) is 0 Å². The summed E-state index contributed by atoms with van der Waals surface area (Å²) in [7, 11) is 0. The molecule has 3 heteroatoms. The van der Waals surface area contributed by atoms with Crippen LogP contribution >= 0.6 is 11.8 Å². The number of esters is 1. The summed E-state index contributed by atoms with van der Waals surface area (Å²) < 4.78 is 5.05. The van der Waals surface area contributed by atoms with Crippen molar-refractivity contribution in [3.05, 3.63) is 12.2 Å². The minimum absolute atomic E-state index is 0.266. The summed E-state index contributed by atoms with van der Waals surface area (Å²) >= 11 is 1.89. The second-order valence-electron chi connectivity index (χ2n) is 5.53. The predicted molar refractivity (Wildman–Crippen MR) is 83.5 cm³/mol. The summed E-state index contributed by atoms with van der Waals surface area (Å²) in [5.74, 6) is 2.84. The molecule has 1 fully saturated rings. The van der Waals surface area contributed by atoms with Crippen molar-refractivity contribution < 1.29 is 9.53 Å². The van der Waals surface area contributed by atoms with Gasteiger partial charge >= 0.3 is 5.97 Å². The molecular weight excluding hydrogens is 256 g/mol. The van der Waals surface area contributed by atoms with Crippen LogP contribution < -0.4 is 0 Å². The lowest BCUT2D eigenvalue weighted by molar-refractivity contribution is -0.138. The van der Waals surface area contributed by atoms with Crippen LogP contribution in [0.15, 0.2) is 12.2 Å². The zero-order valence-electron chi connectivity index (χ0n) is 12.3. The van der Waals surface area contributed by atoms with Gasteiger partial charge in [0.15, 0.2) is 0 Å². The molecule has 19 heavy (non-hydrogen) atoms. The Labute approximate surface area is 122 Å². The molecule has 0 amide bonds. The van der Waals surface area contributed by atoms with Crippen LogP contribution in [0.4, 0.5) is 0 Å². The predicted octanol–water partition coefficient (Wildman–Crippen LogP) is 4.59. The van der Waals surface area contributed by atoms with E-state index in [0.29, 0.717) is 12.2 Å². The second-order valence-corrected chi connectivity index (χ2v) is 6.75. The lowest BCUT2D eigenvalue weighted by Gasteiger charge is -2.21. The quantitative estimate of drug-likeness (QED) is 0.352. The monoisotopic (exact) mass is 284 g/mol. The number of ether oxygens (including phenoxy) is 1. The maximum atomic E-state index is 11.1. The molecule has 0 aromatic rings. The second kappa shape index (κ2) is 10.4. The van der Waals surface area contributed by atoms with Gasteiger partial charge in [-0.2, -0.15) is 11.8 Å². The standard InChI is InChI=1S/C16H28O2S/c1-14(2)16(17)18-11-13-19-12-7-6-10-15-8-4-3-5-9-15/h15H,1,3-13H2,2H3. The SMILES string of the molecule is C=C(C)C(=O)OCCSCCCCC1CCCCC1. The average molecular weight is 284 g/mol. The van der Waals surface area contributed by atoms with Crippen LogP contribution in [0, 0.1) is 5.92 Å². The number of thioether (sulfide) groups is 1. The Bertz CT molecular complexity index is 270. The summed E-state index contributed by atoms with van der Waals surface area (Å²) in [6, 6.07) is 0. The summed E-state index contributed by atoms with van der Waals surface area (Å²) in [6.45, 7) is 5.75. The van der Waals surface area contributed by atoms with Gasteiger partial charge in [-0.15, -0.1) is 0 Å². The first-order valence-corrected chi connectivity index (χ1v) is 8.76. The first-order valence-electron chi connectivity index (χ1n) is 7.60. The van der Waals surface area contributed by atoms with E-state index in [1.165, 1.54) is 57.1 Å². The fourth-order valence-electron chi connectivity index (χ4n) is 2.53. The fraction of sp³-hybridized carbons (Fsp3) is 0.812. The first-order chi connectivity index (χ1) is 9.20. The van der Waals surface area contributed by atoms with Gasteiger partial charge in [0.1, 0.15) is 6.61 Å². The van der Waals surface area contributed by atoms with E-state index in [4.69, 9.17) is 4.74 Å². The van der Waals surface area contributed by atoms with Gasteiger partial charge in [-0.1, -0.05) is 51.5 Å². The molecule has 0 heterocycles. The van der Waals surface area contributed by atoms with Crippen molar-refractivity contribution in [2.45, 2.75) is 58.3 Å². The number of rotatable bonds is 9. The zero-order chi connectivity index (χ0) is 13.9. The van der Waals surface area contributed by atoms with E-state index in [1.54, 1.807) is 6.92 Å². The van der Waals surface area contributed by atoms with Gasteiger partial charge < -0.3 is 4.74 Å². The third kappa shape index (κ3) is 8.35. The van der Waals surface area contributed by atoms with Crippen molar-refractivity contribution in [1.82, 2.24) is 0 Å². The first kappa shape index (κ1) is 16.6. The number of unbranched alkanes of at least 4 members (excludes halogenated alkanes) is 1. The van der Waals surface area contributed by atoms with E-state index < -0.39 is 0 Å². The maximum Gasteiger partial charge on any atom is 0.333 e. The van der Waals surface area contributed by atoms with Crippen LogP contribution in [-0.4, -0.2) is 24.1 Å². The van der Waals surface area contributed by atoms with Crippen molar-refractivity contribution in [2.75, 3.05) is 18.1 Å². The van der Waals surface area contributed by atoms with E-state index in [1.807, 2.05) is 11.8 Å². The Morgan fingerprint density at radius 3 is 2.63 bits per heavy atom. The Hall–Kier alpha value is -0.440. The molecule has 0 aromatic carbocycles. The summed E-state index contributed by atoms with van der Waals surface area (Å²) in [6.07, 6.45) is 11.4. The van der Waals surface area contributed by atoms with Gasteiger partial charge in [-0.25, -0.2) is 4.79 Å². The lowest BCUT2D eigenvalue weighted by Crippen LogP contribution is -2.08. The largest absolute Gasteiger partial charge is 0.461 e. The number of hydrogen-bond donors (Lipinski definition) is 0. The van der Waals surface area contributed by atoms with E-state index in [9.17, 15) is 4.79 Å². The smallest absolute Gasteiger partial charge is 0.333 e. The summed E-state index contributed by atoms with van der Waals surface area (Å²) in [5.41, 5.74) is 0.484. The van der Waals surface area contributed by atoms with Crippen LogP contribution in [0.25, 0.3) is 0 Å². The molecular formula is C16H28O2S. The number of carbonyl (C=O) groups is 1. The van der Waals surface area contributed by atoms with E-state index >= 15 is 0 Å². The highest BCUT2D eigenvalue weighted by Crippen LogP contribution is 2.27. The molecule has 0 bridgehead atoms. The normalized spacial score (nSPS) is 16.3. The van der Waals surface area contributed by atoms with Gasteiger partial charge in [0.2, 0.25) is 0 Å². The van der Waals surface area contributed by atoms with Crippen molar-refractivity contribution >= 4 is 17.7 Å². The molecule has 0 unspecified atom stereocenters. The van der Waals surface area contributed by atoms with Crippen LogP contribution in [-0.2, 0) is 9.53 Å².